The monoisotopic (exact) mass is 451 g/mol. The molecule has 1 N–H and O–H groups in total. The minimum Gasteiger partial charge on any atom is -0.478 e. The van der Waals surface area contributed by atoms with E-state index in [1.165, 1.54) is 12.1 Å². The first-order chi connectivity index (χ1) is 16.3. The second-order valence-corrected chi connectivity index (χ2v) is 9.17. The molecule has 0 saturated heterocycles. The third-order valence-corrected chi connectivity index (χ3v) is 6.39. The van der Waals surface area contributed by atoms with Crippen molar-refractivity contribution < 1.29 is 14.3 Å². The lowest BCUT2D eigenvalue weighted by Gasteiger charge is -2.26. The molecule has 1 aliphatic heterocycles. The Balaban J connectivity index is 1.92. The summed E-state index contributed by atoms with van der Waals surface area (Å²) in [5.74, 6) is -1.31. The Hall–Kier alpha value is -4.24. The highest BCUT2D eigenvalue weighted by atomic mass is 19.1. The van der Waals surface area contributed by atoms with Gasteiger partial charge in [0.05, 0.1) is 23.7 Å². The summed E-state index contributed by atoms with van der Waals surface area (Å²) in [4.78, 5) is 15.8. The van der Waals surface area contributed by atoms with E-state index in [-0.39, 0.29) is 17.8 Å². The molecule has 0 bridgehead atoms. The van der Waals surface area contributed by atoms with Crippen molar-refractivity contribution >= 4 is 23.1 Å². The summed E-state index contributed by atoms with van der Waals surface area (Å²) >= 11 is 0. The number of carboxylic acids is 1. The number of aromatic nitrogens is 1. The van der Waals surface area contributed by atoms with Crippen LogP contribution in [0.25, 0.3) is 27.7 Å². The molecule has 1 aliphatic rings. The average molecular weight is 452 g/mol. The molecule has 0 saturated carbocycles. The number of benzene rings is 3. The van der Waals surface area contributed by atoms with Gasteiger partial charge in [-0.15, -0.1) is 0 Å². The molecule has 3 aromatic carbocycles. The summed E-state index contributed by atoms with van der Waals surface area (Å²) in [6.07, 6.45) is 2.13. The van der Waals surface area contributed by atoms with Crippen LogP contribution in [0.2, 0.25) is 0 Å². The van der Waals surface area contributed by atoms with Gasteiger partial charge in [0, 0.05) is 40.4 Å². The van der Waals surface area contributed by atoms with Crippen LogP contribution in [0, 0.1) is 17.1 Å². The quantitative estimate of drug-likeness (QED) is 0.389. The SMILES string of the molecule is CC(C)(CC#N)c1c(-c2ccc(C(=O)O)cc2)c2cc3c(cc2n1-c1ccc(F)cc1)C=NC3. The summed E-state index contributed by atoms with van der Waals surface area (Å²) < 4.78 is 15.9. The maximum Gasteiger partial charge on any atom is 0.335 e. The normalized spacial score (nSPS) is 12.6. The molecule has 0 spiro atoms. The molecule has 168 valence electrons. The topological polar surface area (TPSA) is 78.4 Å². The fourth-order valence-electron chi connectivity index (χ4n) is 4.75. The predicted octanol–water partition coefficient (Wildman–Crippen LogP) is 6.26. The van der Waals surface area contributed by atoms with Crippen LogP contribution in [0.1, 0.15) is 47.4 Å². The van der Waals surface area contributed by atoms with Crippen LogP contribution in [0.4, 0.5) is 4.39 Å². The molecule has 5 nitrogen and oxygen atoms in total. The molecule has 6 heteroatoms. The molecule has 0 radical (unpaired) electrons. The first kappa shape index (κ1) is 21.6. The molecule has 34 heavy (non-hydrogen) atoms. The Morgan fingerprint density at radius 3 is 2.50 bits per heavy atom. The molecule has 4 aromatic rings. The summed E-state index contributed by atoms with van der Waals surface area (Å²) in [6, 6.07) is 19.7. The number of aromatic carboxylic acids is 1. The molecule has 0 aliphatic carbocycles. The van der Waals surface area contributed by atoms with Crippen LogP contribution >= 0.6 is 0 Å². The molecule has 0 atom stereocenters. The standard InChI is InChI=1S/C28H22FN3O2/c1-28(2,11-12-30)26-25(17-3-5-18(6-4-17)27(33)34)23-13-19-15-31-16-20(19)14-24(23)32(26)22-9-7-21(29)8-10-22/h3-10,13-14,16H,11,15H2,1-2H3,(H,33,34). The summed E-state index contributed by atoms with van der Waals surface area (Å²) in [7, 11) is 0. The number of nitriles is 1. The van der Waals surface area contributed by atoms with Crippen molar-refractivity contribution in [1.29, 1.82) is 5.26 Å². The average Bonchev–Trinajstić information content (AvgIpc) is 3.40. The minimum atomic E-state index is -0.986. The van der Waals surface area contributed by atoms with Gasteiger partial charge >= 0.3 is 5.97 Å². The van der Waals surface area contributed by atoms with E-state index < -0.39 is 11.4 Å². The zero-order valence-corrected chi connectivity index (χ0v) is 18.8. The molecule has 5 rings (SSSR count). The highest BCUT2D eigenvalue weighted by Crippen LogP contribution is 2.45. The van der Waals surface area contributed by atoms with Gasteiger partial charge in [-0.3, -0.25) is 4.99 Å². The largest absolute Gasteiger partial charge is 0.478 e. The van der Waals surface area contributed by atoms with Crippen molar-refractivity contribution in [2.24, 2.45) is 4.99 Å². The fourth-order valence-corrected chi connectivity index (χ4v) is 4.75. The van der Waals surface area contributed by atoms with E-state index in [1.807, 2.05) is 32.2 Å². The number of fused-ring (bicyclic) bond motifs is 2. The van der Waals surface area contributed by atoms with Gasteiger partial charge in [0.15, 0.2) is 0 Å². The molecular weight excluding hydrogens is 429 g/mol. The number of halogens is 1. The molecule has 0 amide bonds. The highest BCUT2D eigenvalue weighted by Gasteiger charge is 2.32. The van der Waals surface area contributed by atoms with E-state index >= 15 is 0 Å². The van der Waals surface area contributed by atoms with Crippen molar-refractivity contribution in [3.63, 3.8) is 0 Å². The highest BCUT2D eigenvalue weighted by molar-refractivity contribution is 6.03. The fraction of sp³-hybridized carbons (Fsp3) is 0.179. The second-order valence-electron chi connectivity index (χ2n) is 9.17. The zero-order valence-electron chi connectivity index (χ0n) is 18.8. The number of carbonyl (C=O) groups is 1. The van der Waals surface area contributed by atoms with Gasteiger partial charge < -0.3 is 9.67 Å². The van der Waals surface area contributed by atoms with Crippen LogP contribution in [-0.2, 0) is 12.0 Å². The molecule has 1 aromatic heterocycles. The molecule has 2 heterocycles. The van der Waals surface area contributed by atoms with E-state index in [9.17, 15) is 19.6 Å². The van der Waals surface area contributed by atoms with Gasteiger partial charge in [0.1, 0.15) is 5.82 Å². The Bertz CT molecular complexity index is 1510. The van der Waals surface area contributed by atoms with E-state index in [0.29, 0.717) is 6.54 Å². The first-order valence-electron chi connectivity index (χ1n) is 11.0. The van der Waals surface area contributed by atoms with E-state index in [0.717, 1.165) is 44.5 Å². The summed E-state index contributed by atoms with van der Waals surface area (Å²) in [5.41, 5.74) is 6.22. The Morgan fingerprint density at radius 2 is 1.85 bits per heavy atom. The zero-order chi connectivity index (χ0) is 24.0. The van der Waals surface area contributed by atoms with Gasteiger partial charge in [-0.25, -0.2) is 9.18 Å². The maximum atomic E-state index is 13.8. The lowest BCUT2D eigenvalue weighted by atomic mass is 9.81. The van der Waals surface area contributed by atoms with Crippen molar-refractivity contribution in [3.8, 4) is 22.9 Å². The van der Waals surface area contributed by atoms with E-state index in [2.05, 4.69) is 27.8 Å². The first-order valence-corrected chi connectivity index (χ1v) is 11.0. The number of hydrogen-bond acceptors (Lipinski definition) is 3. The van der Waals surface area contributed by atoms with Crippen LogP contribution in [0.15, 0.2) is 65.7 Å². The van der Waals surface area contributed by atoms with Gasteiger partial charge in [0.25, 0.3) is 0 Å². The Labute approximate surface area is 196 Å². The number of hydrogen-bond donors (Lipinski definition) is 1. The van der Waals surface area contributed by atoms with Gasteiger partial charge in [-0.2, -0.15) is 5.26 Å². The number of carboxylic acid groups (broad SMARTS) is 1. The smallest absolute Gasteiger partial charge is 0.335 e. The number of rotatable bonds is 5. The molecular formula is C28H22FN3O2. The third-order valence-electron chi connectivity index (χ3n) is 6.39. The van der Waals surface area contributed by atoms with Gasteiger partial charge in [-0.05, 0) is 65.2 Å². The van der Waals surface area contributed by atoms with Crippen LogP contribution in [0.3, 0.4) is 0 Å². The van der Waals surface area contributed by atoms with Crippen LogP contribution in [-0.4, -0.2) is 21.9 Å². The minimum absolute atomic E-state index is 0.207. The third kappa shape index (κ3) is 3.46. The van der Waals surface area contributed by atoms with Crippen LogP contribution in [0.5, 0.6) is 0 Å². The van der Waals surface area contributed by atoms with Crippen LogP contribution < -0.4 is 0 Å². The summed E-state index contributed by atoms with van der Waals surface area (Å²) in [6.45, 7) is 4.64. The molecule has 0 unspecified atom stereocenters. The number of nitrogens with zero attached hydrogens (tertiary/aromatic N) is 3. The predicted molar refractivity (Wildman–Crippen MR) is 130 cm³/mol. The van der Waals surface area contributed by atoms with Gasteiger partial charge in [-0.1, -0.05) is 26.0 Å². The van der Waals surface area contributed by atoms with E-state index in [4.69, 9.17) is 0 Å². The Kier molecular flexibility index (Phi) is 5.06. The van der Waals surface area contributed by atoms with Crippen molar-refractivity contribution in [2.45, 2.75) is 32.2 Å². The Morgan fingerprint density at radius 1 is 1.15 bits per heavy atom. The lowest BCUT2D eigenvalue weighted by molar-refractivity contribution is 0.0697. The number of aliphatic imine (C=N–C) groups is 1. The maximum absolute atomic E-state index is 13.8. The van der Waals surface area contributed by atoms with Crippen molar-refractivity contribution in [2.75, 3.05) is 0 Å². The second kappa shape index (κ2) is 7.96. The van der Waals surface area contributed by atoms with Crippen molar-refractivity contribution in [3.05, 3.63) is 88.9 Å². The van der Waals surface area contributed by atoms with Gasteiger partial charge in [0.2, 0.25) is 0 Å². The lowest BCUT2D eigenvalue weighted by Crippen LogP contribution is -2.21. The van der Waals surface area contributed by atoms with E-state index in [1.54, 1.807) is 24.3 Å². The summed E-state index contributed by atoms with van der Waals surface area (Å²) in [5, 5.41) is 20.0. The van der Waals surface area contributed by atoms with Crippen molar-refractivity contribution in [1.82, 2.24) is 4.57 Å². The molecule has 0 fully saturated rings.